The Morgan fingerprint density at radius 3 is 2.77 bits per heavy atom. The zero-order valence-electron chi connectivity index (χ0n) is 17.2. The second kappa shape index (κ2) is 8.47. The summed E-state index contributed by atoms with van der Waals surface area (Å²) in [5.74, 6) is 0.315. The molecule has 2 aromatic heterocycles. The Morgan fingerprint density at radius 1 is 1.23 bits per heavy atom. The molecule has 7 nitrogen and oxygen atoms in total. The van der Waals surface area contributed by atoms with Crippen LogP contribution in [-0.4, -0.2) is 40.3 Å². The Hall–Kier alpha value is -2.87. The normalized spacial score (nSPS) is 18.7. The minimum absolute atomic E-state index is 0.125. The SMILES string of the molecule is COc1ccc2c(OC3CCC(C(=O)O)C3)cc(-c3csc(NC(C)C)n3)nc2c1. The molecule has 2 N–H and O–H groups in total. The topological polar surface area (TPSA) is 93.6 Å². The molecule has 1 aromatic carbocycles. The summed E-state index contributed by atoms with van der Waals surface area (Å²) in [5, 5.41) is 16.3. The first-order chi connectivity index (χ1) is 14.4. The van der Waals surface area contributed by atoms with E-state index in [4.69, 9.17) is 14.5 Å². The van der Waals surface area contributed by atoms with Crippen molar-refractivity contribution in [1.29, 1.82) is 0 Å². The van der Waals surface area contributed by atoms with Gasteiger partial charge in [0.25, 0.3) is 0 Å². The second-order valence-electron chi connectivity index (χ2n) is 7.81. The fraction of sp³-hybridized carbons (Fsp3) is 0.409. The Labute approximate surface area is 179 Å². The minimum atomic E-state index is -0.751. The van der Waals surface area contributed by atoms with Gasteiger partial charge in [0.15, 0.2) is 5.13 Å². The summed E-state index contributed by atoms with van der Waals surface area (Å²) >= 11 is 1.54. The first-order valence-electron chi connectivity index (χ1n) is 10.0. The molecule has 1 fully saturated rings. The number of hydrogen-bond acceptors (Lipinski definition) is 7. The standard InChI is InChI=1S/C22H25N3O4S/c1-12(2)23-22-25-19(11-30-22)18-10-20(29-15-5-4-13(8-15)21(26)27)16-7-6-14(28-3)9-17(16)24-18/h6-7,9-13,15H,4-5,8H2,1-3H3,(H,23,25)(H,26,27). The fourth-order valence-corrected chi connectivity index (χ4v) is 4.54. The van der Waals surface area contributed by atoms with E-state index in [1.807, 2.05) is 29.6 Å². The highest BCUT2D eigenvalue weighted by atomic mass is 32.1. The van der Waals surface area contributed by atoms with E-state index in [0.29, 0.717) is 36.1 Å². The zero-order chi connectivity index (χ0) is 21.3. The number of benzene rings is 1. The van der Waals surface area contributed by atoms with Crippen LogP contribution in [0.15, 0.2) is 29.6 Å². The van der Waals surface area contributed by atoms with E-state index >= 15 is 0 Å². The number of methoxy groups -OCH3 is 1. The quantitative estimate of drug-likeness (QED) is 0.558. The largest absolute Gasteiger partial charge is 0.497 e. The van der Waals surface area contributed by atoms with E-state index in [1.54, 1.807) is 7.11 Å². The van der Waals surface area contributed by atoms with Gasteiger partial charge in [0, 0.05) is 28.9 Å². The molecule has 0 saturated heterocycles. The highest BCUT2D eigenvalue weighted by Gasteiger charge is 2.31. The lowest BCUT2D eigenvalue weighted by atomic mass is 10.1. The van der Waals surface area contributed by atoms with Crippen LogP contribution in [0.3, 0.4) is 0 Å². The van der Waals surface area contributed by atoms with E-state index in [1.165, 1.54) is 11.3 Å². The highest BCUT2D eigenvalue weighted by molar-refractivity contribution is 7.14. The van der Waals surface area contributed by atoms with Gasteiger partial charge in [-0.1, -0.05) is 0 Å². The van der Waals surface area contributed by atoms with Crippen LogP contribution < -0.4 is 14.8 Å². The number of carboxylic acids is 1. The van der Waals surface area contributed by atoms with Crippen molar-refractivity contribution in [3.63, 3.8) is 0 Å². The number of carbonyl (C=O) groups is 1. The van der Waals surface area contributed by atoms with Gasteiger partial charge in [-0.25, -0.2) is 9.97 Å². The van der Waals surface area contributed by atoms with Crippen molar-refractivity contribution >= 4 is 33.3 Å². The van der Waals surface area contributed by atoms with E-state index in [0.717, 1.165) is 28.1 Å². The smallest absolute Gasteiger partial charge is 0.306 e. The number of rotatable bonds is 7. The van der Waals surface area contributed by atoms with Crippen molar-refractivity contribution in [3.8, 4) is 22.9 Å². The molecule has 0 bridgehead atoms. The predicted molar refractivity (Wildman–Crippen MR) is 118 cm³/mol. The fourth-order valence-electron chi connectivity index (χ4n) is 3.69. The van der Waals surface area contributed by atoms with Crippen LogP contribution in [0.25, 0.3) is 22.3 Å². The Bertz CT molecular complexity index is 1070. The summed E-state index contributed by atoms with van der Waals surface area (Å²) in [6, 6.07) is 7.87. The lowest BCUT2D eigenvalue weighted by Gasteiger charge is -2.16. The van der Waals surface area contributed by atoms with Gasteiger partial charge in [-0.05, 0) is 45.2 Å². The summed E-state index contributed by atoms with van der Waals surface area (Å²) < 4.78 is 11.7. The van der Waals surface area contributed by atoms with Crippen LogP contribution in [0.4, 0.5) is 5.13 Å². The van der Waals surface area contributed by atoms with Crippen LogP contribution >= 0.6 is 11.3 Å². The van der Waals surface area contributed by atoms with Crippen molar-refractivity contribution in [1.82, 2.24) is 9.97 Å². The number of carboxylic acid groups (broad SMARTS) is 1. The van der Waals surface area contributed by atoms with Crippen molar-refractivity contribution < 1.29 is 19.4 Å². The van der Waals surface area contributed by atoms with Gasteiger partial charge < -0.3 is 19.9 Å². The molecule has 1 aliphatic carbocycles. The van der Waals surface area contributed by atoms with Gasteiger partial charge >= 0.3 is 5.97 Å². The summed E-state index contributed by atoms with van der Waals surface area (Å²) in [7, 11) is 1.62. The van der Waals surface area contributed by atoms with E-state index in [2.05, 4.69) is 24.1 Å². The average Bonchev–Trinajstić information content (AvgIpc) is 3.36. The molecule has 2 atom stereocenters. The molecule has 0 amide bonds. The average molecular weight is 428 g/mol. The number of hydrogen-bond donors (Lipinski definition) is 2. The number of fused-ring (bicyclic) bond motifs is 1. The third-order valence-electron chi connectivity index (χ3n) is 5.19. The van der Waals surface area contributed by atoms with Crippen LogP contribution in [0.1, 0.15) is 33.1 Å². The number of thiazole rings is 1. The number of aromatic nitrogens is 2. The number of nitrogens with one attached hydrogen (secondary N) is 1. The molecule has 4 rings (SSSR count). The molecular weight excluding hydrogens is 402 g/mol. The Kier molecular flexibility index (Phi) is 5.76. The Morgan fingerprint density at radius 2 is 2.07 bits per heavy atom. The van der Waals surface area contributed by atoms with Crippen molar-refractivity contribution in [3.05, 3.63) is 29.6 Å². The molecule has 8 heteroatoms. The minimum Gasteiger partial charge on any atom is -0.497 e. The van der Waals surface area contributed by atoms with Gasteiger partial charge in [-0.2, -0.15) is 0 Å². The molecule has 0 radical (unpaired) electrons. The molecule has 2 heterocycles. The maximum Gasteiger partial charge on any atom is 0.306 e. The Balaban J connectivity index is 1.70. The molecule has 0 spiro atoms. The van der Waals surface area contributed by atoms with Gasteiger partial charge in [-0.3, -0.25) is 4.79 Å². The highest BCUT2D eigenvalue weighted by Crippen LogP contribution is 2.36. The van der Waals surface area contributed by atoms with Crippen molar-refractivity contribution in [2.24, 2.45) is 5.92 Å². The van der Waals surface area contributed by atoms with Crippen molar-refractivity contribution in [2.45, 2.75) is 45.3 Å². The van der Waals surface area contributed by atoms with Crippen molar-refractivity contribution in [2.75, 3.05) is 12.4 Å². The monoisotopic (exact) mass is 427 g/mol. The molecule has 0 aliphatic heterocycles. The van der Waals surface area contributed by atoms with Crippen LogP contribution in [-0.2, 0) is 4.79 Å². The van der Waals surface area contributed by atoms with E-state index in [9.17, 15) is 9.90 Å². The van der Waals surface area contributed by atoms with Crippen LogP contribution in [0, 0.1) is 5.92 Å². The van der Waals surface area contributed by atoms with Gasteiger partial charge in [0.2, 0.25) is 0 Å². The zero-order valence-corrected chi connectivity index (χ0v) is 18.0. The molecule has 2 unspecified atom stereocenters. The number of ether oxygens (including phenoxy) is 2. The molecule has 30 heavy (non-hydrogen) atoms. The van der Waals surface area contributed by atoms with Gasteiger partial charge in [0.1, 0.15) is 17.2 Å². The third kappa shape index (κ3) is 4.33. The third-order valence-corrected chi connectivity index (χ3v) is 5.96. The predicted octanol–water partition coefficient (Wildman–Crippen LogP) is 4.82. The first-order valence-corrected chi connectivity index (χ1v) is 10.9. The molecule has 158 valence electrons. The van der Waals surface area contributed by atoms with Crippen LogP contribution in [0.5, 0.6) is 11.5 Å². The van der Waals surface area contributed by atoms with E-state index < -0.39 is 5.97 Å². The molecule has 1 saturated carbocycles. The van der Waals surface area contributed by atoms with E-state index in [-0.39, 0.29) is 12.0 Å². The lowest BCUT2D eigenvalue weighted by molar-refractivity contribution is -0.141. The number of pyridine rings is 1. The number of nitrogens with zero attached hydrogens (tertiary/aromatic N) is 2. The number of anilines is 1. The van der Waals surface area contributed by atoms with Gasteiger partial charge in [0.05, 0.1) is 30.3 Å². The maximum atomic E-state index is 11.3. The molecule has 3 aromatic rings. The number of aliphatic carboxylic acids is 1. The molecular formula is C22H25N3O4S. The summed E-state index contributed by atoms with van der Waals surface area (Å²) in [6.45, 7) is 4.14. The molecule has 1 aliphatic rings. The first kappa shape index (κ1) is 20.4. The van der Waals surface area contributed by atoms with Gasteiger partial charge in [-0.15, -0.1) is 11.3 Å². The van der Waals surface area contributed by atoms with Crippen LogP contribution in [0.2, 0.25) is 0 Å². The maximum absolute atomic E-state index is 11.3. The summed E-state index contributed by atoms with van der Waals surface area (Å²) in [5.41, 5.74) is 2.24. The summed E-state index contributed by atoms with van der Waals surface area (Å²) in [4.78, 5) is 20.8. The summed E-state index contributed by atoms with van der Waals surface area (Å²) in [6.07, 6.45) is 1.76. The second-order valence-corrected chi connectivity index (χ2v) is 8.67. The lowest BCUT2D eigenvalue weighted by Crippen LogP contribution is -2.15.